The summed E-state index contributed by atoms with van der Waals surface area (Å²) in [4.78, 5) is 10.9. The van der Waals surface area contributed by atoms with E-state index in [1.54, 1.807) is 18.2 Å². The predicted molar refractivity (Wildman–Crippen MR) is 70.5 cm³/mol. The molecular weight excluding hydrogens is 252 g/mol. The quantitative estimate of drug-likeness (QED) is 0.585. The lowest BCUT2D eigenvalue weighted by Crippen LogP contribution is -2.08. The minimum atomic E-state index is 0.388. The fourth-order valence-electron chi connectivity index (χ4n) is 2.12. The first-order valence-corrected chi connectivity index (χ1v) is 6.67. The Kier molecular flexibility index (Phi) is 5.02. The van der Waals surface area contributed by atoms with Crippen molar-refractivity contribution in [1.82, 2.24) is 0 Å². The first-order chi connectivity index (χ1) is 8.81. The van der Waals surface area contributed by atoms with Crippen molar-refractivity contribution in [3.63, 3.8) is 0 Å². The van der Waals surface area contributed by atoms with Crippen molar-refractivity contribution in [2.45, 2.75) is 31.8 Å². The van der Waals surface area contributed by atoms with Gasteiger partial charge in [-0.3, -0.25) is 4.79 Å². The summed E-state index contributed by atoms with van der Waals surface area (Å²) in [7, 11) is 0. The van der Waals surface area contributed by atoms with E-state index in [-0.39, 0.29) is 0 Å². The van der Waals surface area contributed by atoms with E-state index in [9.17, 15) is 4.79 Å². The summed E-state index contributed by atoms with van der Waals surface area (Å²) in [5.74, 6) is 0.560. The lowest BCUT2D eigenvalue weighted by Gasteiger charge is -2.11. The smallest absolute Gasteiger partial charge is 0.155 e. The lowest BCUT2D eigenvalue weighted by molar-refractivity contribution is 0.0979. The second kappa shape index (κ2) is 6.76. The standard InChI is InChI=1S/C14H17ClO3/c15-13-6-1-7-14(12(13)10-16)18-9-3-5-11-4-2-8-17-11/h1,6-7,10-11H,2-5,8-9H2. The molecular formula is C14H17ClO3. The van der Waals surface area contributed by atoms with Gasteiger partial charge in [-0.25, -0.2) is 0 Å². The van der Waals surface area contributed by atoms with Crippen LogP contribution in [0.4, 0.5) is 0 Å². The third-order valence-electron chi connectivity index (χ3n) is 3.08. The average molecular weight is 269 g/mol. The van der Waals surface area contributed by atoms with Gasteiger partial charge in [-0.2, -0.15) is 0 Å². The highest BCUT2D eigenvalue weighted by Crippen LogP contribution is 2.25. The fourth-order valence-corrected chi connectivity index (χ4v) is 2.33. The van der Waals surface area contributed by atoms with Crippen LogP contribution in [0.3, 0.4) is 0 Å². The van der Waals surface area contributed by atoms with E-state index in [1.807, 2.05) is 0 Å². The highest BCUT2D eigenvalue weighted by molar-refractivity contribution is 6.33. The molecule has 3 nitrogen and oxygen atoms in total. The first-order valence-electron chi connectivity index (χ1n) is 6.29. The summed E-state index contributed by atoms with van der Waals surface area (Å²) < 4.78 is 11.1. The number of halogens is 1. The van der Waals surface area contributed by atoms with Crippen molar-refractivity contribution in [2.24, 2.45) is 0 Å². The van der Waals surface area contributed by atoms with E-state index in [0.717, 1.165) is 38.6 Å². The summed E-state index contributed by atoms with van der Waals surface area (Å²) in [6, 6.07) is 5.23. The van der Waals surface area contributed by atoms with Crippen molar-refractivity contribution in [3.8, 4) is 5.75 Å². The van der Waals surface area contributed by atoms with Crippen LogP contribution in [0.15, 0.2) is 18.2 Å². The van der Waals surface area contributed by atoms with Crippen LogP contribution in [-0.4, -0.2) is 25.6 Å². The average Bonchev–Trinajstić information content (AvgIpc) is 2.88. The zero-order chi connectivity index (χ0) is 12.8. The van der Waals surface area contributed by atoms with Crippen LogP contribution in [0.5, 0.6) is 5.75 Å². The number of rotatable bonds is 6. The molecule has 1 aliphatic heterocycles. The molecule has 4 heteroatoms. The van der Waals surface area contributed by atoms with Gasteiger partial charge in [0.05, 0.1) is 23.3 Å². The highest BCUT2D eigenvalue weighted by atomic mass is 35.5. The Hall–Kier alpha value is -1.06. The van der Waals surface area contributed by atoms with Crippen LogP contribution < -0.4 is 4.74 Å². The highest BCUT2D eigenvalue weighted by Gasteiger charge is 2.14. The molecule has 1 fully saturated rings. The zero-order valence-electron chi connectivity index (χ0n) is 10.2. The van der Waals surface area contributed by atoms with Gasteiger partial charge in [0.1, 0.15) is 5.75 Å². The van der Waals surface area contributed by atoms with Crippen molar-refractivity contribution in [1.29, 1.82) is 0 Å². The van der Waals surface area contributed by atoms with Crippen molar-refractivity contribution < 1.29 is 14.3 Å². The summed E-state index contributed by atoms with van der Waals surface area (Å²) in [5.41, 5.74) is 0.427. The van der Waals surface area contributed by atoms with Crippen LogP contribution in [0.2, 0.25) is 5.02 Å². The molecule has 0 aromatic heterocycles. The minimum absolute atomic E-state index is 0.388. The molecule has 0 bridgehead atoms. The second-order valence-electron chi connectivity index (χ2n) is 4.40. The molecule has 1 heterocycles. The van der Waals surface area contributed by atoms with Gasteiger partial charge in [0.2, 0.25) is 0 Å². The molecule has 0 spiro atoms. The number of hydrogen-bond acceptors (Lipinski definition) is 3. The third-order valence-corrected chi connectivity index (χ3v) is 3.41. The Morgan fingerprint density at radius 2 is 2.39 bits per heavy atom. The monoisotopic (exact) mass is 268 g/mol. The van der Waals surface area contributed by atoms with Gasteiger partial charge in [-0.05, 0) is 37.8 Å². The summed E-state index contributed by atoms with van der Waals surface area (Å²) >= 11 is 5.91. The van der Waals surface area contributed by atoms with E-state index < -0.39 is 0 Å². The molecule has 2 rings (SSSR count). The normalized spacial score (nSPS) is 18.8. The van der Waals surface area contributed by atoms with E-state index in [4.69, 9.17) is 21.1 Å². The fraction of sp³-hybridized carbons (Fsp3) is 0.500. The van der Waals surface area contributed by atoms with Gasteiger partial charge < -0.3 is 9.47 Å². The predicted octanol–water partition coefficient (Wildman–Crippen LogP) is 3.49. The Balaban J connectivity index is 1.79. The molecule has 0 amide bonds. The van der Waals surface area contributed by atoms with Crippen molar-refractivity contribution in [3.05, 3.63) is 28.8 Å². The molecule has 0 radical (unpaired) electrons. The Morgan fingerprint density at radius 1 is 1.50 bits per heavy atom. The zero-order valence-corrected chi connectivity index (χ0v) is 11.0. The van der Waals surface area contributed by atoms with Gasteiger partial charge in [-0.1, -0.05) is 17.7 Å². The van der Waals surface area contributed by atoms with Crippen LogP contribution >= 0.6 is 11.6 Å². The molecule has 98 valence electrons. The van der Waals surface area contributed by atoms with Crippen LogP contribution in [0.25, 0.3) is 0 Å². The van der Waals surface area contributed by atoms with E-state index in [1.165, 1.54) is 0 Å². The lowest BCUT2D eigenvalue weighted by atomic mass is 10.1. The Bertz CT molecular complexity index is 400. The number of aldehydes is 1. The molecule has 0 N–H and O–H groups in total. The van der Waals surface area contributed by atoms with Crippen molar-refractivity contribution >= 4 is 17.9 Å². The molecule has 0 saturated carbocycles. The summed E-state index contributed by atoms with van der Waals surface area (Å²) in [6.07, 6.45) is 5.37. The van der Waals surface area contributed by atoms with E-state index >= 15 is 0 Å². The third kappa shape index (κ3) is 3.47. The Labute approximate surface area is 112 Å². The SMILES string of the molecule is O=Cc1c(Cl)cccc1OCCCC1CCCO1. The number of carbonyl (C=O) groups is 1. The Morgan fingerprint density at radius 3 is 3.11 bits per heavy atom. The molecule has 1 unspecified atom stereocenters. The topological polar surface area (TPSA) is 35.5 Å². The van der Waals surface area contributed by atoms with Gasteiger partial charge in [0, 0.05) is 6.61 Å². The molecule has 1 aliphatic rings. The maximum Gasteiger partial charge on any atom is 0.155 e. The van der Waals surface area contributed by atoms with Crippen LogP contribution in [-0.2, 0) is 4.74 Å². The number of hydrogen-bond donors (Lipinski definition) is 0. The van der Waals surface area contributed by atoms with Gasteiger partial charge in [0.25, 0.3) is 0 Å². The molecule has 1 aromatic rings. The van der Waals surface area contributed by atoms with Crippen molar-refractivity contribution in [2.75, 3.05) is 13.2 Å². The van der Waals surface area contributed by atoms with Crippen LogP contribution in [0.1, 0.15) is 36.0 Å². The molecule has 1 aromatic carbocycles. The van der Waals surface area contributed by atoms with Gasteiger partial charge in [-0.15, -0.1) is 0 Å². The van der Waals surface area contributed by atoms with Gasteiger partial charge >= 0.3 is 0 Å². The molecule has 0 aliphatic carbocycles. The van der Waals surface area contributed by atoms with Gasteiger partial charge in [0.15, 0.2) is 6.29 Å². The van der Waals surface area contributed by atoms with Crippen LogP contribution in [0, 0.1) is 0 Å². The first kappa shape index (κ1) is 13.4. The molecule has 18 heavy (non-hydrogen) atoms. The maximum absolute atomic E-state index is 10.9. The molecule has 1 saturated heterocycles. The minimum Gasteiger partial charge on any atom is -0.493 e. The molecule has 1 atom stereocenters. The number of benzene rings is 1. The van der Waals surface area contributed by atoms with E-state index in [0.29, 0.717) is 29.0 Å². The summed E-state index contributed by atoms with van der Waals surface area (Å²) in [6.45, 7) is 1.47. The maximum atomic E-state index is 10.9. The van der Waals surface area contributed by atoms with E-state index in [2.05, 4.69) is 0 Å². The second-order valence-corrected chi connectivity index (χ2v) is 4.80. The largest absolute Gasteiger partial charge is 0.493 e. The summed E-state index contributed by atoms with van der Waals surface area (Å²) in [5, 5.41) is 0.432. The number of ether oxygens (including phenoxy) is 2. The number of carbonyl (C=O) groups excluding carboxylic acids is 1.